The second-order valence-corrected chi connectivity index (χ2v) is 21.8. The highest BCUT2D eigenvalue weighted by atomic mass is 127. The molecule has 1 aliphatic heterocycles. The van der Waals surface area contributed by atoms with Crippen LogP contribution in [-0.2, 0) is 0 Å². The van der Waals surface area contributed by atoms with Crippen molar-refractivity contribution < 1.29 is 0 Å². The van der Waals surface area contributed by atoms with Crippen LogP contribution in [0.4, 0.5) is 0 Å². The molecule has 0 saturated carbocycles. The molecule has 0 amide bonds. The normalized spacial score (nSPS) is 71.5. The first kappa shape index (κ1) is 8.26. The Kier molecular flexibility index (Phi) is 2.41. The Morgan fingerprint density at radius 2 is 1.25 bits per heavy atom. The Morgan fingerprint density at radius 3 is 1.25 bits per heavy atom. The maximum atomic E-state index is 2.65. The molecule has 1 saturated heterocycles. The lowest BCUT2D eigenvalue weighted by atomic mass is 11.8. The molecule has 0 N–H and O–H groups in total. The first-order valence-corrected chi connectivity index (χ1v) is 12.1. The smallest absolute Gasteiger partial charge is 0.0250 e. The summed E-state index contributed by atoms with van der Waals surface area (Å²) in [5.74, 6) is 0. The van der Waals surface area contributed by atoms with E-state index >= 15 is 0 Å². The lowest BCUT2D eigenvalue weighted by molar-refractivity contribution is 1.87. The monoisotopic (exact) mass is 376 g/mol. The lowest BCUT2D eigenvalue weighted by Gasteiger charge is -2.53. The summed E-state index contributed by atoms with van der Waals surface area (Å²) in [7, 11) is -0.179. The maximum absolute atomic E-state index is 2.65. The molecule has 0 unspecified atom stereocenters. The molecule has 52 valence electrons. The molecule has 0 nitrogen and oxygen atoms in total. The van der Waals surface area contributed by atoms with Crippen LogP contribution in [0.5, 0.6) is 0 Å². The third-order valence-electron chi connectivity index (χ3n) is 0.983. The lowest BCUT2D eigenvalue weighted by Crippen LogP contribution is -2.19. The average molecular weight is 376 g/mol. The quantitative estimate of drug-likeness (QED) is 0.568. The molecule has 1 rings (SSSR count). The average Bonchev–Trinajstić information content (AvgIpc) is 1.20. The third kappa shape index (κ3) is 2.09. The summed E-state index contributed by atoms with van der Waals surface area (Å²) in [6, 6.07) is 0. The fraction of sp³-hybridized carbons (Fsp3) is 1.00. The summed E-state index contributed by atoms with van der Waals surface area (Å²) in [6.07, 6.45) is 4.86. The number of halogens is 2. The van der Waals surface area contributed by atoms with E-state index in [0.29, 0.717) is 0 Å². The summed E-state index contributed by atoms with van der Waals surface area (Å²) in [5.41, 5.74) is 0. The van der Waals surface area contributed by atoms with E-state index in [1.807, 2.05) is 0 Å². The van der Waals surface area contributed by atoms with Crippen LogP contribution in [0.1, 0.15) is 0 Å². The van der Waals surface area contributed by atoms with Crippen LogP contribution in [0, 0.1) is 0 Å². The largest absolute Gasteiger partial charge is 0.173 e. The van der Waals surface area contributed by atoms with Crippen molar-refractivity contribution in [1.82, 2.24) is 0 Å². The molecule has 8 heavy (non-hydrogen) atoms. The zero-order valence-electron chi connectivity index (χ0n) is 4.99. The Balaban J connectivity index is 2.42. The van der Waals surface area contributed by atoms with Gasteiger partial charge < -0.3 is 0 Å². The molecule has 0 atom stereocenters. The minimum atomic E-state index is -0.0896. The SMILES string of the molecule is CS1(I)CS(C)(I)C1. The van der Waals surface area contributed by atoms with Crippen LogP contribution in [0.2, 0.25) is 0 Å². The Hall–Kier alpha value is 2.16. The van der Waals surface area contributed by atoms with E-state index in [-0.39, 0.29) is 14.4 Å². The van der Waals surface area contributed by atoms with Crippen LogP contribution in [0.15, 0.2) is 0 Å². The van der Waals surface area contributed by atoms with E-state index in [2.05, 4.69) is 54.9 Å². The summed E-state index contributed by atoms with van der Waals surface area (Å²) in [5, 5.41) is 3.09. The predicted molar refractivity (Wildman–Crippen MR) is 64.8 cm³/mol. The summed E-state index contributed by atoms with van der Waals surface area (Å²) in [6.45, 7) is 0. The summed E-state index contributed by atoms with van der Waals surface area (Å²) in [4.78, 5) is 0. The maximum Gasteiger partial charge on any atom is 0.0250 e. The molecule has 0 bridgehead atoms. The Bertz CT molecular complexity index is 88.6. The van der Waals surface area contributed by atoms with Crippen molar-refractivity contribution in [2.24, 2.45) is 0 Å². The van der Waals surface area contributed by atoms with Gasteiger partial charge in [0.15, 0.2) is 0 Å². The van der Waals surface area contributed by atoms with Crippen molar-refractivity contribution in [3.8, 4) is 0 Å². The van der Waals surface area contributed by atoms with Gasteiger partial charge in [0.2, 0.25) is 0 Å². The zero-order valence-corrected chi connectivity index (χ0v) is 10.9. The molecule has 1 heterocycles. The van der Waals surface area contributed by atoms with Gasteiger partial charge in [0, 0.05) is 10.2 Å². The van der Waals surface area contributed by atoms with E-state index in [1.54, 1.807) is 10.2 Å². The van der Waals surface area contributed by atoms with Crippen LogP contribution in [0.25, 0.3) is 0 Å². The van der Waals surface area contributed by atoms with Gasteiger partial charge in [-0.1, -0.05) is 0 Å². The first-order valence-electron chi connectivity index (χ1n) is 2.28. The van der Waals surface area contributed by atoms with Crippen molar-refractivity contribution >= 4 is 56.8 Å². The fourth-order valence-corrected chi connectivity index (χ4v) is 37.9. The number of rotatable bonds is 0. The molecule has 1 fully saturated rings. The molecule has 0 aromatic carbocycles. The molecule has 0 spiro atoms. The zero-order chi connectivity index (χ0) is 6.41. The van der Waals surface area contributed by atoms with E-state index in [1.165, 1.54) is 0 Å². The van der Waals surface area contributed by atoms with E-state index < -0.39 is 0 Å². The van der Waals surface area contributed by atoms with Gasteiger partial charge in [0.1, 0.15) is 0 Å². The Labute approximate surface area is 78.4 Å². The minimum Gasteiger partial charge on any atom is -0.173 e. The van der Waals surface area contributed by atoms with Gasteiger partial charge in [-0.15, -0.1) is 0 Å². The molecule has 0 aromatic heterocycles. The Morgan fingerprint density at radius 1 is 1.00 bits per heavy atom. The molecule has 1 aliphatic rings. The highest BCUT2D eigenvalue weighted by Crippen LogP contribution is 2.82. The predicted octanol–water partition coefficient (Wildman–Crippen LogP) is 3.48. The van der Waals surface area contributed by atoms with Gasteiger partial charge in [-0.2, -0.15) is 14.4 Å². The van der Waals surface area contributed by atoms with Gasteiger partial charge in [-0.05, 0) is 54.9 Å². The standard InChI is InChI=1S/C4H10I2S2/c1-7(5)3-8(2,6)4-7/h3-4H2,1-2H3. The summed E-state index contributed by atoms with van der Waals surface area (Å²) < 4.78 is 0. The van der Waals surface area contributed by atoms with Crippen LogP contribution in [0.3, 0.4) is 0 Å². The fourth-order valence-electron chi connectivity index (χ4n) is 0.990. The van der Waals surface area contributed by atoms with Crippen LogP contribution >= 0.6 is 56.8 Å². The second-order valence-electron chi connectivity index (χ2n) is 2.54. The number of hydrogen-bond acceptors (Lipinski definition) is 0. The topological polar surface area (TPSA) is 0 Å². The van der Waals surface area contributed by atoms with Gasteiger partial charge >= 0.3 is 0 Å². The highest BCUT2D eigenvalue weighted by Gasteiger charge is 2.37. The van der Waals surface area contributed by atoms with Crippen LogP contribution < -0.4 is 0 Å². The summed E-state index contributed by atoms with van der Waals surface area (Å²) >= 11 is 5.30. The van der Waals surface area contributed by atoms with Crippen molar-refractivity contribution in [2.75, 3.05) is 22.7 Å². The second kappa shape index (κ2) is 2.34. The number of hydrogen-bond donors (Lipinski definition) is 0. The minimum absolute atomic E-state index is 0.0896. The van der Waals surface area contributed by atoms with E-state index in [4.69, 9.17) is 0 Å². The molecular formula is C4H10I2S2. The molecule has 0 aromatic rings. The van der Waals surface area contributed by atoms with Crippen molar-refractivity contribution in [3.63, 3.8) is 0 Å². The van der Waals surface area contributed by atoms with Crippen LogP contribution in [-0.4, -0.2) is 22.7 Å². The van der Waals surface area contributed by atoms with E-state index in [9.17, 15) is 0 Å². The molecule has 0 aliphatic carbocycles. The van der Waals surface area contributed by atoms with Gasteiger partial charge in [0.05, 0.1) is 0 Å². The third-order valence-corrected chi connectivity index (χ3v) is 18.0. The molecular weight excluding hydrogens is 366 g/mol. The highest BCUT2D eigenvalue weighted by molar-refractivity contribution is 14.2. The first-order chi connectivity index (χ1) is 3.41. The van der Waals surface area contributed by atoms with E-state index in [0.717, 1.165) is 0 Å². The van der Waals surface area contributed by atoms with Crippen molar-refractivity contribution in [3.05, 3.63) is 0 Å². The van der Waals surface area contributed by atoms with Gasteiger partial charge in [-0.25, -0.2) is 0 Å². The van der Waals surface area contributed by atoms with Crippen molar-refractivity contribution in [2.45, 2.75) is 0 Å². The molecule has 4 heteroatoms. The van der Waals surface area contributed by atoms with Gasteiger partial charge in [0.25, 0.3) is 0 Å². The van der Waals surface area contributed by atoms with Gasteiger partial charge in [-0.3, -0.25) is 0 Å². The van der Waals surface area contributed by atoms with Crippen molar-refractivity contribution in [1.29, 1.82) is 0 Å². The molecule has 0 radical (unpaired) electrons.